The van der Waals surface area contributed by atoms with Crippen LogP contribution in [0.15, 0.2) is 34.9 Å². The van der Waals surface area contributed by atoms with Crippen LogP contribution < -0.4 is 15.4 Å². The van der Waals surface area contributed by atoms with E-state index in [0.29, 0.717) is 29.7 Å². The SMILES string of the molecule is CCOc1ccc([C@@H]2CC(=O)NC(SCC(=O)NCC(C)C)=C2C#N)cc1. The molecule has 0 saturated heterocycles. The number of benzene rings is 1. The molecule has 2 rings (SSSR count). The summed E-state index contributed by atoms with van der Waals surface area (Å²) < 4.78 is 5.44. The maximum atomic E-state index is 12.2. The number of allylic oxidation sites excluding steroid dienone is 1. The van der Waals surface area contributed by atoms with Crippen molar-refractivity contribution in [3.63, 3.8) is 0 Å². The molecular formula is C20H25N3O3S. The molecule has 2 N–H and O–H groups in total. The molecule has 1 atom stereocenters. The van der Waals surface area contributed by atoms with Crippen LogP contribution in [0.5, 0.6) is 5.75 Å². The largest absolute Gasteiger partial charge is 0.494 e. The third kappa shape index (κ3) is 6.04. The Morgan fingerprint density at radius 3 is 2.70 bits per heavy atom. The monoisotopic (exact) mass is 387 g/mol. The van der Waals surface area contributed by atoms with Gasteiger partial charge in [-0.2, -0.15) is 5.26 Å². The van der Waals surface area contributed by atoms with Crippen LogP contribution in [0.25, 0.3) is 0 Å². The molecule has 0 bridgehead atoms. The smallest absolute Gasteiger partial charge is 0.230 e. The topological polar surface area (TPSA) is 91.2 Å². The van der Waals surface area contributed by atoms with Crippen molar-refractivity contribution in [1.29, 1.82) is 5.26 Å². The van der Waals surface area contributed by atoms with Gasteiger partial charge >= 0.3 is 0 Å². The van der Waals surface area contributed by atoms with Crippen molar-refractivity contribution in [2.24, 2.45) is 5.92 Å². The standard InChI is InChI=1S/C20H25N3O3S/c1-4-26-15-7-5-14(6-8-15)16-9-18(24)23-20(17(16)10-21)27-12-19(25)22-11-13(2)3/h5-8,13,16H,4,9,11-12H2,1-3H3,(H,22,25)(H,23,24)/t16-/m0/s1. The number of carbonyl (C=O) groups is 2. The van der Waals surface area contributed by atoms with Crippen molar-refractivity contribution in [3.05, 3.63) is 40.4 Å². The lowest BCUT2D eigenvalue weighted by atomic mass is 9.87. The molecule has 1 aromatic rings. The lowest BCUT2D eigenvalue weighted by Crippen LogP contribution is -2.33. The molecule has 144 valence electrons. The van der Waals surface area contributed by atoms with Crippen molar-refractivity contribution in [3.8, 4) is 11.8 Å². The van der Waals surface area contributed by atoms with Crippen LogP contribution >= 0.6 is 11.8 Å². The summed E-state index contributed by atoms with van der Waals surface area (Å²) in [5.41, 5.74) is 1.37. The molecule has 1 aliphatic heterocycles. The summed E-state index contributed by atoms with van der Waals surface area (Å²) >= 11 is 1.19. The van der Waals surface area contributed by atoms with E-state index < -0.39 is 0 Å². The Bertz CT molecular complexity index is 751. The van der Waals surface area contributed by atoms with E-state index in [1.54, 1.807) is 0 Å². The molecule has 0 spiro atoms. The Balaban J connectivity index is 2.15. The van der Waals surface area contributed by atoms with Crippen LogP contribution in [0.4, 0.5) is 0 Å². The predicted octanol–water partition coefficient (Wildman–Crippen LogP) is 2.93. The van der Waals surface area contributed by atoms with Crippen molar-refractivity contribution >= 4 is 23.6 Å². The van der Waals surface area contributed by atoms with E-state index in [2.05, 4.69) is 16.7 Å². The quantitative estimate of drug-likeness (QED) is 0.716. The fraction of sp³-hybridized carbons (Fsp3) is 0.450. The van der Waals surface area contributed by atoms with Gasteiger partial charge in [0.05, 0.1) is 29.0 Å². The van der Waals surface area contributed by atoms with Gasteiger partial charge in [-0.1, -0.05) is 37.7 Å². The highest BCUT2D eigenvalue weighted by molar-refractivity contribution is 8.03. The number of nitrogens with zero attached hydrogens (tertiary/aromatic N) is 1. The number of nitrogens with one attached hydrogen (secondary N) is 2. The molecule has 6 nitrogen and oxygen atoms in total. The zero-order valence-electron chi connectivity index (χ0n) is 15.9. The Morgan fingerprint density at radius 2 is 2.11 bits per heavy atom. The number of hydrogen-bond donors (Lipinski definition) is 2. The Morgan fingerprint density at radius 1 is 1.41 bits per heavy atom. The summed E-state index contributed by atoms with van der Waals surface area (Å²) in [5, 5.41) is 15.7. The van der Waals surface area contributed by atoms with Crippen LogP contribution in [0, 0.1) is 17.2 Å². The van der Waals surface area contributed by atoms with E-state index >= 15 is 0 Å². The van der Waals surface area contributed by atoms with Crippen LogP contribution in [0.2, 0.25) is 0 Å². The lowest BCUT2D eigenvalue weighted by molar-refractivity contribution is -0.121. The molecule has 1 aliphatic rings. The van der Waals surface area contributed by atoms with Gasteiger partial charge in [0.1, 0.15) is 5.75 Å². The van der Waals surface area contributed by atoms with Gasteiger partial charge in [0.15, 0.2) is 0 Å². The summed E-state index contributed by atoms with van der Waals surface area (Å²) in [6, 6.07) is 9.65. The van der Waals surface area contributed by atoms with Crippen LogP contribution in [0.3, 0.4) is 0 Å². The van der Waals surface area contributed by atoms with Crippen molar-refractivity contribution < 1.29 is 14.3 Å². The summed E-state index contributed by atoms with van der Waals surface area (Å²) in [4.78, 5) is 24.1. The first-order valence-corrected chi connectivity index (χ1v) is 9.99. The molecule has 0 fully saturated rings. The van der Waals surface area contributed by atoms with E-state index in [-0.39, 0.29) is 29.9 Å². The second kappa shape index (κ2) is 10.0. The number of hydrogen-bond acceptors (Lipinski definition) is 5. The molecular weight excluding hydrogens is 362 g/mol. The third-order valence-corrected chi connectivity index (χ3v) is 5.02. The number of thioether (sulfide) groups is 1. The maximum absolute atomic E-state index is 12.2. The number of ether oxygens (including phenoxy) is 1. The van der Waals surface area contributed by atoms with Gasteiger partial charge in [-0.25, -0.2) is 0 Å². The Kier molecular flexibility index (Phi) is 7.74. The van der Waals surface area contributed by atoms with Gasteiger partial charge in [0, 0.05) is 18.9 Å². The lowest BCUT2D eigenvalue weighted by Gasteiger charge is -2.25. The average molecular weight is 388 g/mol. The number of rotatable bonds is 8. The maximum Gasteiger partial charge on any atom is 0.230 e. The van der Waals surface area contributed by atoms with Gasteiger partial charge in [-0.3, -0.25) is 9.59 Å². The van der Waals surface area contributed by atoms with E-state index in [0.717, 1.165) is 11.3 Å². The highest BCUT2D eigenvalue weighted by atomic mass is 32.2. The molecule has 0 aromatic heterocycles. The van der Waals surface area contributed by atoms with E-state index in [1.165, 1.54) is 11.8 Å². The molecule has 0 aliphatic carbocycles. The summed E-state index contributed by atoms with van der Waals surface area (Å²) in [7, 11) is 0. The predicted molar refractivity (Wildman–Crippen MR) is 106 cm³/mol. The molecule has 7 heteroatoms. The van der Waals surface area contributed by atoms with E-state index in [1.807, 2.05) is 45.0 Å². The normalized spacial score (nSPS) is 16.7. The van der Waals surface area contributed by atoms with Gasteiger partial charge in [0.25, 0.3) is 0 Å². The minimum absolute atomic E-state index is 0.115. The zero-order valence-corrected chi connectivity index (χ0v) is 16.7. The third-order valence-electron chi connectivity index (χ3n) is 4.00. The van der Waals surface area contributed by atoms with Crippen molar-refractivity contribution in [2.45, 2.75) is 33.1 Å². The van der Waals surface area contributed by atoms with Gasteiger partial charge < -0.3 is 15.4 Å². The second-order valence-electron chi connectivity index (χ2n) is 6.65. The second-order valence-corrected chi connectivity index (χ2v) is 7.63. The van der Waals surface area contributed by atoms with Crippen LogP contribution in [-0.2, 0) is 9.59 Å². The first-order chi connectivity index (χ1) is 12.9. The Hall–Kier alpha value is -2.46. The zero-order chi connectivity index (χ0) is 19.8. The fourth-order valence-electron chi connectivity index (χ4n) is 2.69. The minimum Gasteiger partial charge on any atom is -0.494 e. The highest BCUT2D eigenvalue weighted by Crippen LogP contribution is 2.36. The minimum atomic E-state index is -0.319. The molecule has 2 amide bonds. The Labute approximate surface area is 164 Å². The number of nitriles is 1. The number of carbonyl (C=O) groups excluding carboxylic acids is 2. The summed E-state index contributed by atoms with van der Waals surface area (Å²) in [5.74, 6) is 0.685. The van der Waals surface area contributed by atoms with Gasteiger partial charge in [0.2, 0.25) is 11.8 Å². The molecule has 0 unspecified atom stereocenters. The molecule has 0 radical (unpaired) electrons. The van der Waals surface area contributed by atoms with Crippen LogP contribution in [-0.4, -0.2) is 30.7 Å². The fourth-order valence-corrected chi connectivity index (χ4v) is 3.59. The van der Waals surface area contributed by atoms with Crippen molar-refractivity contribution in [1.82, 2.24) is 10.6 Å². The molecule has 27 heavy (non-hydrogen) atoms. The average Bonchev–Trinajstić information content (AvgIpc) is 2.65. The van der Waals surface area contributed by atoms with E-state index in [9.17, 15) is 14.9 Å². The van der Waals surface area contributed by atoms with Gasteiger partial charge in [-0.05, 0) is 30.5 Å². The summed E-state index contributed by atoms with van der Waals surface area (Å²) in [6.45, 7) is 7.13. The molecule has 1 heterocycles. The van der Waals surface area contributed by atoms with Crippen molar-refractivity contribution in [2.75, 3.05) is 18.9 Å². The highest BCUT2D eigenvalue weighted by Gasteiger charge is 2.29. The summed E-state index contributed by atoms with van der Waals surface area (Å²) in [6.07, 6.45) is 0.209. The van der Waals surface area contributed by atoms with E-state index in [4.69, 9.17) is 4.74 Å². The van der Waals surface area contributed by atoms with Crippen LogP contribution in [0.1, 0.15) is 38.7 Å². The molecule has 0 saturated carbocycles. The number of amides is 2. The van der Waals surface area contributed by atoms with Gasteiger partial charge in [-0.15, -0.1) is 0 Å². The first-order valence-electron chi connectivity index (χ1n) is 9.01. The molecule has 1 aromatic carbocycles. The first kappa shape index (κ1) is 20.8.